The number of halogens is 1. The molecule has 1 aromatic carbocycles. The summed E-state index contributed by atoms with van der Waals surface area (Å²) in [6.07, 6.45) is 0.861. The van der Waals surface area contributed by atoms with Crippen LogP contribution in [-0.4, -0.2) is 40.4 Å². The molecule has 6 heteroatoms. The number of hydrogen-bond donors (Lipinski definition) is 1. The standard InChI is InChI=1S/C15H17BrN4O/c1-19(2)6-7-20-14(13(16)10-18-20)15(21)12-5-3-4-11(8-12)9-17/h3-5,8,10,15,21H,6-7H2,1-2H3. The average molecular weight is 349 g/mol. The van der Waals surface area contributed by atoms with Gasteiger partial charge in [-0.05, 0) is 47.7 Å². The highest BCUT2D eigenvalue weighted by Crippen LogP contribution is 2.28. The van der Waals surface area contributed by atoms with Gasteiger partial charge in [0.05, 0.1) is 34.5 Å². The second-order valence-electron chi connectivity index (χ2n) is 5.04. The third-order valence-corrected chi connectivity index (χ3v) is 3.79. The van der Waals surface area contributed by atoms with E-state index in [1.54, 1.807) is 35.1 Å². The van der Waals surface area contributed by atoms with E-state index in [2.05, 4.69) is 32.0 Å². The summed E-state index contributed by atoms with van der Waals surface area (Å²) in [6, 6.07) is 9.07. The molecule has 2 rings (SSSR count). The molecule has 0 aliphatic carbocycles. The molecule has 1 atom stereocenters. The zero-order valence-electron chi connectivity index (χ0n) is 12.0. The number of rotatable bonds is 5. The number of aromatic nitrogens is 2. The molecule has 0 aliphatic rings. The predicted octanol–water partition coefficient (Wildman–Crippen LogP) is 2.16. The second kappa shape index (κ2) is 6.85. The molecule has 0 aliphatic heterocycles. The maximum Gasteiger partial charge on any atom is 0.122 e. The fraction of sp³-hybridized carbons (Fsp3) is 0.333. The summed E-state index contributed by atoms with van der Waals surface area (Å²) in [5, 5.41) is 23.9. The molecule has 1 unspecified atom stereocenters. The van der Waals surface area contributed by atoms with Gasteiger partial charge in [-0.15, -0.1) is 0 Å². The monoisotopic (exact) mass is 348 g/mol. The van der Waals surface area contributed by atoms with E-state index in [4.69, 9.17) is 5.26 Å². The minimum atomic E-state index is -0.822. The van der Waals surface area contributed by atoms with Crippen molar-refractivity contribution in [1.82, 2.24) is 14.7 Å². The summed E-state index contributed by atoms with van der Waals surface area (Å²) in [5.74, 6) is 0. The molecule has 0 amide bonds. The van der Waals surface area contributed by atoms with Crippen LogP contribution in [-0.2, 0) is 6.54 Å². The van der Waals surface area contributed by atoms with Crippen molar-refractivity contribution < 1.29 is 5.11 Å². The highest BCUT2D eigenvalue weighted by atomic mass is 79.9. The van der Waals surface area contributed by atoms with E-state index in [1.165, 1.54) is 0 Å². The largest absolute Gasteiger partial charge is 0.382 e. The Bertz CT molecular complexity index is 660. The van der Waals surface area contributed by atoms with Gasteiger partial charge in [0.25, 0.3) is 0 Å². The number of likely N-dealkylation sites (N-methyl/N-ethyl adjacent to an activating group) is 1. The molecule has 0 saturated carbocycles. The number of nitrogens with zero attached hydrogens (tertiary/aromatic N) is 4. The summed E-state index contributed by atoms with van der Waals surface area (Å²) in [4.78, 5) is 2.06. The highest BCUT2D eigenvalue weighted by molar-refractivity contribution is 9.10. The number of aliphatic hydroxyl groups excluding tert-OH is 1. The van der Waals surface area contributed by atoms with E-state index in [0.717, 1.165) is 11.0 Å². The summed E-state index contributed by atoms with van der Waals surface area (Å²) < 4.78 is 2.55. The minimum absolute atomic E-state index is 0.530. The Morgan fingerprint density at radius 2 is 2.24 bits per heavy atom. The normalized spacial score (nSPS) is 12.4. The molecule has 21 heavy (non-hydrogen) atoms. The van der Waals surface area contributed by atoms with Crippen molar-refractivity contribution in [2.75, 3.05) is 20.6 Å². The molecule has 0 fully saturated rings. The van der Waals surface area contributed by atoms with Gasteiger partial charge in [0.1, 0.15) is 6.10 Å². The fourth-order valence-corrected chi connectivity index (χ4v) is 2.57. The van der Waals surface area contributed by atoms with Gasteiger partial charge in [0.15, 0.2) is 0 Å². The first-order valence-corrected chi connectivity index (χ1v) is 7.36. The van der Waals surface area contributed by atoms with Crippen molar-refractivity contribution in [1.29, 1.82) is 5.26 Å². The summed E-state index contributed by atoms with van der Waals surface area (Å²) in [6.45, 7) is 1.51. The predicted molar refractivity (Wildman–Crippen MR) is 83.7 cm³/mol. The average Bonchev–Trinajstić information content (AvgIpc) is 2.85. The molecule has 1 N–H and O–H groups in total. The van der Waals surface area contributed by atoms with Crippen LogP contribution in [0.25, 0.3) is 0 Å². The van der Waals surface area contributed by atoms with Gasteiger partial charge in [-0.1, -0.05) is 12.1 Å². The molecule has 0 saturated heterocycles. The molecule has 0 radical (unpaired) electrons. The lowest BCUT2D eigenvalue weighted by atomic mass is 10.0. The number of aliphatic hydroxyl groups is 1. The lowest BCUT2D eigenvalue weighted by molar-refractivity contribution is 0.205. The third-order valence-electron chi connectivity index (χ3n) is 3.18. The number of hydrogen-bond acceptors (Lipinski definition) is 4. The van der Waals surface area contributed by atoms with Crippen LogP contribution >= 0.6 is 15.9 Å². The lowest BCUT2D eigenvalue weighted by Gasteiger charge is -2.16. The molecule has 1 heterocycles. The Morgan fingerprint density at radius 1 is 1.48 bits per heavy atom. The van der Waals surface area contributed by atoms with Crippen LogP contribution in [0, 0.1) is 11.3 Å². The Labute approximate surface area is 132 Å². The van der Waals surface area contributed by atoms with E-state index < -0.39 is 6.10 Å². The zero-order chi connectivity index (χ0) is 15.4. The Kier molecular flexibility index (Phi) is 5.12. The van der Waals surface area contributed by atoms with Crippen LogP contribution < -0.4 is 0 Å². The quantitative estimate of drug-likeness (QED) is 0.899. The fourth-order valence-electron chi connectivity index (χ4n) is 2.05. The van der Waals surface area contributed by atoms with E-state index in [1.807, 2.05) is 14.1 Å². The van der Waals surface area contributed by atoms with Gasteiger partial charge in [-0.25, -0.2) is 0 Å². The van der Waals surface area contributed by atoms with Crippen molar-refractivity contribution in [2.45, 2.75) is 12.6 Å². The van der Waals surface area contributed by atoms with Crippen LogP contribution in [0.3, 0.4) is 0 Å². The maximum atomic E-state index is 10.6. The Balaban J connectivity index is 2.32. The molecular weight excluding hydrogens is 332 g/mol. The topological polar surface area (TPSA) is 65.1 Å². The molecule has 110 valence electrons. The van der Waals surface area contributed by atoms with Crippen molar-refractivity contribution in [2.24, 2.45) is 0 Å². The first-order valence-electron chi connectivity index (χ1n) is 6.57. The van der Waals surface area contributed by atoms with Crippen molar-refractivity contribution in [3.63, 3.8) is 0 Å². The van der Waals surface area contributed by atoms with E-state index in [9.17, 15) is 5.11 Å². The Hall–Kier alpha value is -1.68. The summed E-state index contributed by atoms with van der Waals surface area (Å²) in [5.41, 5.74) is 1.91. The van der Waals surface area contributed by atoms with E-state index in [-0.39, 0.29) is 0 Å². The van der Waals surface area contributed by atoms with Gasteiger partial charge < -0.3 is 10.0 Å². The molecule has 5 nitrogen and oxygen atoms in total. The van der Waals surface area contributed by atoms with Crippen LogP contribution in [0.2, 0.25) is 0 Å². The van der Waals surface area contributed by atoms with Gasteiger partial charge in [0.2, 0.25) is 0 Å². The zero-order valence-corrected chi connectivity index (χ0v) is 13.6. The van der Waals surface area contributed by atoms with Crippen molar-refractivity contribution in [3.05, 3.63) is 51.8 Å². The van der Waals surface area contributed by atoms with Crippen molar-refractivity contribution in [3.8, 4) is 6.07 Å². The molecule has 0 bridgehead atoms. The minimum Gasteiger partial charge on any atom is -0.382 e. The maximum absolute atomic E-state index is 10.6. The van der Waals surface area contributed by atoms with Crippen LogP contribution in [0.5, 0.6) is 0 Å². The second-order valence-corrected chi connectivity index (χ2v) is 5.90. The summed E-state index contributed by atoms with van der Waals surface area (Å²) >= 11 is 3.44. The highest BCUT2D eigenvalue weighted by Gasteiger charge is 2.20. The lowest BCUT2D eigenvalue weighted by Crippen LogP contribution is -2.21. The summed E-state index contributed by atoms with van der Waals surface area (Å²) in [7, 11) is 3.98. The van der Waals surface area contributed by atoms with Gasteiger partial charge in [0, 0.05) is 6.54 Å². The first-order chi connectivity index (χ1) is 10.0. The van der Waals surface area contributed by atoms with Crippen LogP contribution in [0.15, 0.2) is 34.9 Å². The number of nitriles is 1. The molecular formula is C15H17BrN4O. The van der Waals surface area contributed by atoms with Crippen LogP contribution in [0.1, 0.15) is 22.9 Å². The smallest absolute Gasteiger partial charge is 0.122 e. The number of benzene rings is 1. The SMILES string of the molecule is CN(C)CCn1ncc(Br)c1C(O)c1cccc(C#N)c1. The van der Waals surface area contributed by atoms with E-state index >= 15 is 0 Å². The van der Waals surface area contributed by atoms with Crippen LogP contribution in [0.4, 0.5) is 0 Å². The third kappa shape index (κ3) is 3.70. The molecule has 0 spiro atoms. The first kappa shape index (κ1) is 15.7. The van der Waals surface area contributed by atoms with Gasteiger partial charge in [-0.3, -0.25) is 4.68 Å². The Morgan fingerprint density at radius 3 is 2.90 bits per heavy atom. The van der Waals surface area contributed by atoms with Gasteiger partial charge in [-0.2, -0.15) is 10.4 Å². The molecule has 1 aromatic heterocycles. The van der Waals surface area contributed by atoms with Gasteiger partial charge >= 0.3 is 0 Å². The van der Waals surface area contributed by atoms with E-state index in [0.29, 0.717) is 23.4 Å². The van der Waals surface area contributed by atoms with Crippen molar-refractivity contribution >= 4 is 15.9 Å². The molecule has 2 aromatic rings.